The number of hydrogen-bond donors (Lipinski definition) is 2. The molecule has 3 N–H and O–H groups in total. The SMILES string of the molecule is CCc1nc(NC(=O)c2cc(N)c(Cl)c(Cl)c2)sc1C. The molecule has 0 aliphatic carbocycles. The van der Waals surface area contributed by atoms with Gasteiger partial charge in [0.15, 0.2) is 5.13 Å². The molecule has 0 saturated carbocycles. The lowest BCUT2D eigenvalue weighted by Crippen LogP contribution is -2.12. The number of carbonyl (C=O) groups is 1. The van der Waals surface area contributed by atoms with Crippen molar-refractivity contribution in [2.45, 2.75) is 20.3 Å². The Morgan fingerprint density at radius 2 is 2.15 bits per heavy atom. The van der Waals surface area contributed by atoms with Crippen molar-refractivity contribution >= 4 is 51.3 Å². The third-order valence-corrected chi connectivity index (χ3v) is 4.51. The number of nitrogens with two attached hydrogens (primary N) is 1. The van der Waals surface area contributed by atoms with Crippen LogP contribution < -0.4 is 11.1 Å². The molecule has 0 saturated heterocycles. The van der Waals surface area contributed by atoms with Gasteiger partial charge in [-0.15, -0.1) is 11.3 Å². The second kappa shape index (κ2) is 5.99. The number of aryl methyl sites for hydroxylation is 2. The molecule has 106 valence electrons. The van der Waals surface area contributed by atoms with Gasteiger partial charge in [0.1, 0.15) is 0 Å². The second-order valence-corrected chi connectivity index (χ2v) is 6.18. The Morgan fingerprint density at radius 3 is 2.70 bits per heavy atom. The van der Waals surface area contributed by atoms with Crippen LogP contribution in [0.15, 0.2) is 12.1 Å². The smallest absolute Gasteiger partial charge is 0.257 e. The zero-order valence-electron chi connectivity index (χ0n) is 11.0. The Morgan fingerprint density at radius 1 is 1.45 bits per heavy atom. The summed E-state index contributed by atoms with van der Waals surface area (Å²) in [5, 5.41) is 3.81. The Labute approximate surface area is 130 Å². The number of nitrogens with one attached hydrogen (secondary N) is 1. The van der Waals surface area contributed by atoms with Crippen LogP contribution in [0.5, 0.6) is 0 Å². The monoisotopic (exact) mass is 329 g/mol. The van der Waals surface area contributed by atoms with E-state index in [0.717, 1.165) is 17.0 Å². The average Bonchev–Trinajstić information content (AvgIpc) is 2.75. The maximum absolute atomic E-state index is 12.1. The Hall–Kier alpha value is -1.30. The van der Waals surface area contributed by atoms with E-state index in [-0.39, 0.29) is 21.6 Å². The molecule has 1 aromatic carbocycles. The van der Waals surface area contributed by atoms with Crippen LogP contribution in [0.1, 0.15) is 27.9 Å². The van der Waals surface area contributed by atoms with Gasteiger partial charge in [-0.1, -0.05) is 30.1 Å². The summed E-state index contributed by atoms with van der Waals surface area (Å²) in [4.78, 5) is 17.6. The summed E-state index contributed by atoms with van der Waals surface area (Å²) in [6.45, 7) is 4.00. The van der Waals surface area contributed by atoms with Crippen LogP contribution in [-0.2, 0) is 6.42 Å². The van der Waals surface area contributed by atoms with Crippen molar-refractivity contribution in [2.24, 2.45) is 0 Å². The number of nitrogens with zero attached hydrogens (tertiary/aromatic N) is 1. The first-order valence-electron chi connectivity index (χ1n) is 5.94. The van der Waals surface area contributed by atoms with Crippen molar-refractivity contribution in [1.82, 2.24) is 4.98 Å². The molecule has 4 nitrogen and oxygen atoms in total. The Balaban J connectivity index is 2.23. The normalized spacial score (nSPS) is 10.6. The number of carbonyl (C=O) groups excluding carboxylic acids is 1. The van der Waals surface area contributed by atoms with Crippen LogP contribution in [-0.4, -0.2) is 10.9 Å². The van der Waals surface area contributed by atoms with Gasteiger partial charge in [-0.3, -0.25) is 10.1 Å². The first-order valence-corrected chi connectivity index (χ1v) is 7.51. The molecule has 0 spiro atoms. The van der Waals surface area contributed by atoms with Gasteiger partial charge in [0.25, 0.3) is 5.91 Å². The fourth-order valence-corrected chi connectivity index (χ4v) is 2.95. The Bertz CT molecular complexity index is 647. The van der Waals surface area contributed by atoms with Crippen LogP contribution in [0.2, 0.25) is 10.0 Å². The number of nitrogen functional groups attached to an aromatic ring is 1. The summed E-state index contributed by atoms with van der Waals surface area (Å²) in [5.74, 6) is -0.313. The number of halogens is 2. The number of thiazole rings is 1. The minimum atomic E-state index is -0.313. The molecular weight excluding hydrogens is 317 g/mol. The third kappa shape index (κ3) is 3.06. The molecule has 0 aliphatic rings. The molecule has 1 aromatic heterocycles. The summed E-state index contributed by atoms with van der Waals surface area (Å²) in [7, 11) is 0. The van der Waals surface area contributed by atoms with Gasteiger partial charge >= 0.3 is 0 Å². The van der Waals surface area contributed by atoms with E-state index in [1.165, 1.54) is 23.5 Å². The highest BCUT2D eigenvalue weighted by Gasteiger charge is 2.14. The van der Waals surface area contributed by atoms with Crippen molar-refractivity contribution < 1.29 is 4.79 Å². The van der Waals surface area contributed by atoms with E-state index < -0.39 is 0 Å². The van der Waals surface area contributed by atoms with Gasteiger partial charge in [0.05, 0.1) is 21.4 Å². The van der Waals surface area contributed by atoms with Crippen molar-refractivity contribution in [2.75, 3.05) is 11.1 Å². The fraction of sp³-hybridized carbons (Fsp3) is 0.231. The van der Waals surface area contributed by atoms with Gasteiger partial charge in [-0.2, -0.15) is 0 Å². The van der Waals surface area contributed by atoms with Crippen LogP contribution in [0, 0.1) is 6.92 Å². The molecule has 2 aromatic rings. The molecule has 0 atom stereocenters. The van der Waals surface area contributed by atoms with E-state index in [0.29, 0.717) is 10.7 Å². The number of rotatable bonds is 3. The summed E-state index contributed by atoms with van der Waals surface area (Å²) < 4.78 is 0. The van der Waals surface area contributed by atoms with Crippen LogP contribution in [0.4, 0.5) is 10.8 Å². The zero-order chi connectivity index (χ0) is 14.9. The van der Waals surface area contributed by atoms with E-state index in [2.05, 4.69) is 10.3 Å². The minimum absolute atomic E-state index is 0.251. The molecule has 1 heterocycles. The van der Waals surface area contributed by atoms with E-state index in [9.17, 15) is 4.79 Å². The van der Waals surface area contributed by atoms with Crippen LogP contribution in [0.25, 0.3) is 0 Å². The second-order valence-electron chi connectivity index (χ2n) is 4.19. The summed E-state index contributed by atoms with van der Waals surface area (Å²) in [6.07, 6.45) is 0.831. The largest absolute Gasteiger partial charge is 0.397 e. The van der Waals surface area contributed by atoms with Crippen molar-refractivity contribution in [3.63, 3.8) is 0 Å². The standard InChI is InChI=1S/C13H13Cl2N3OS/c1-3-10-6(2)20-13(17-10)18-12(19)7-4-8(14)11(15)9(16)5-7/h4-5H,3,16H2,1-2H3,(H,17,18,19). The first kappa shape index (κ1) is 15.1. The predicted octanol–water partition coefficient (Wildman–Crippen LogP) is 4.16. The van der Waals surface area contributed by atoms with Gasteiger partial charge in [-0.05, 0) is 25.5 Å². The van der Waals surface area contributed by atoms with E-state index in [1.54, 1.807) is 0 Å². The number of benzene rings is 1. The molecule has 20 heavy (non-hydrogen) atoms. The average molecular weight is 330 g/mol. The molecule has 2 rings (SSSR count). The van der Waals surface area contributed by atoms with Gasteiger partial charge in [-0.25, -0.2) is 4.98 Å². The number of anilines is 2. The predicted molar refractivity (Wildman–Crippen MR) is 85.1 cm³/mol. The molecule has 7 heteroatoms. The molecule has 1 amide bonds. The maximum Gasteiger partial charge on any atom is 0.257 e. The lowest BCUT2D eigenvalue weighted by molar-refractivity contribution is 0.102. The van der Waals surface area contributed by atoms with E-state index >= 15 is 0 Å². The highest BCUT2D eigenvalue weighted by molar-refractivity contribution is 7.15. The summed E-state index contributed by atoms with van der Waals surface area (Å²) >= 11 is 13.2. The molecular formula is C13H13Cl2N3OS. The summed E-state index contributed by atoms with van der Waals surface area (Å²) in [6, 6.07) is 2.97. The number of hydrogen-bond acceptors (Lipinski definition) is 4. The van der Waals surface area contributed by atoms with E-state index in [4.69, 9.17) is 28.9 Å². The number of aromatic nitrogens is 1. The first-order chi connectivity index (χ1) is 9.42. The number of amides is 1. The highest BCUT2D eigenvalue weighted by atomic mass is 35.5. The van der Waals surface area contributed by atoms with Gasteiger partial charge in [0.2, 0.25) is 0 Å². The molecule has 0 unspecified atom stereocenters. The topological polar surface area (TPSA) is 68.0 Å². The third-order valence-electron chi connectivity index (χ3n) is 2.77. The van der Waals surface area contributed by atoms with E-state index in [1.807, 2.05) is 13.8 Å². The Kier molecular flexibility index (Phi) is 4.52. The van der Waals surface area contributed by atoms with Crippen molar-refractivity contribution in [1.29, 1.82) is 0 Å². The molecule has 0 aliphatic heterocycles. The lowest BCUT2D eigenvalue weighted by atomic mass is 10.2. The van der Waals surface area contributed by atoms with Crippen LogP contribution in [0.3, 0.4) is 0 Å². The minimum Gasteiger partial charge on any atom is -0.397 e. The lowest BCUT2D eigenvalue weighted by Gasteiger charge is -2.06. The molecule has 0 radical (unpaired) electrons. The fourth-order valence-electron chi connectivity index (χ4n) is 1.72. The van der Waals surface area contributed by atoms with Crippen molar-refractivity contribution in [3.05, 3.63) is 38.3 Å². The van der Waals surface area contributed by atoms with Gasteiger partial charge in [0, 0.05) is 10.4 Å². The highest BCUT2D eigenvalue weighted by Crippen LogP contribution is 2.30. The molecule has 0 fully saturated rings. The van der Waals surface area contributed by atoms with Gasteiger partial charge < -0.3 is 5.73 Å². The summed E-state index contributed by atoms with van der Waals surface area (Å²) in [5.41, 5.74) is 7.30. The zero-order valence-corrected chi connectivity index (χ0v) is 13.3. The molecule has 0 bridgehead atoms. The van der Waals surface area contributed by atoms with Crippen molar-refractivity contribution in [3.8, 4) is 0 Å². The van der Waals surface area contributed by atoms with Crippen LogP contribution >= 0.6 is 34.5 Å². The maximum atomic E-state index is 12.1. The quantitative estimate of drug-likeness (QED) is 0.831.